The number of thiocarbonyl (C=S) groups is 1. The topological polar surface area (TPSA) is 215 Å². The number of fused-ring (bicyclic) bond motifs is 4. The van der Waals surface area contributed by atoms with Crippen molar-refractivity contribution in [2.24, 2.45) is 0 Å². The molecule has 0 atom stereocenters. The molecular weight excluding hydrogens is 632 g/mol. The van der Waals surface area contributed by atoms with Crippen molar-refractivity contribution < 1.29 is 33.6 Å². The Hall–Kier alpha value is -5.84. The Kier molecular flexibility index (Phi) is 12.3. The van der Waals surface area contributed by atoms with Crippen molar-refractivity contribution in [1.82, 2.24) is 26.3 Å². The number of hydrogen-bond acceptors (Lipinski definition) is 10. The maximum absolute atomic E-state index is 12.5. The summed E-state index contributed by atoms with van der Waals surface area (Å²) in [5.74, 6) is -1.41. The number of anilines is 2. The molecule has 0 fully saturated rings. The van der Waals surface area contributed by atoms with Crippen LogP contribution in [0.15, 0.2) is 60.7 Å². The number of pyridine rings is 1. The fraction of sp³-hybridized carbons (Fsp3) is 0.267. The van der Waals surface area contributed by atoms with Crippen LogP contribution in [0.25, 0.3) is 0 Å². The fourth-order valence-electron chi connectivity index (χ4n) is 4.11. The molecule has 4 rings (SSSR count). The Morgan fingerprint density at radius 1 is 0.723 bits per heavy atom. The Bertz CT molecular complexity index is 1560. The Morgan fingerprint density at radius 2 is 1.21 bits per heavy atom. The molecule has 1 aliphatic rings. The number of nitrogens with zero attached hydrogens (tertiary/aromatic N) is 2. The number of nitro benzene ring substituents is 1. The molecule has 2 aromatic carbocycles. The molecule has 1 aliphatic heterocycles. The number of carbonyl (C=O) groups excluding carboxylic acids is 4. The largest absolute Gasteiger partial charge is 0.481 e. The first-order valence-corrected chi connectivity index (χ1v) is 14.9. The maximum Gasteiger partial charge on any atom is 0.269 e. The number of para-hydroxylation sites is 1. The van der Waals surface area contributed by atoms with Gasteiger partial charge in [-0.15, -0.1) is 0 Å². The second-order valence-corrected chi connectivity index (χ2v) is 10.3. The van der Waals surface area contributed by atoms with Gasteiger partial charge >= 0.3 is 0 Å². The smallest absolute Gasteiger partial charge is 0.269 e. The van der Waals surface area contributed by atoms with Crippen LogP contribution in [0.4, 0.5) is 17.1 Å². The molecule has 2 heterocycles. The van der Waals surface area contributed by atoms with E-state index in [1.165, 1.54) is 36.4 Å². The Balaban J connectivity index is 1.45. The lowest BCUT2D eigenvalue weighted by molar-refractivity contribution is -0.384. The third-order valence-corrected chi connectivity index (χ3v) is 6.62. The van der Waals surface area contributed by atoms with E-state index in [9.17, 15) is 29.3 Å². The molecule has 16 nitrogen and oxygen atoms in total. The first kappa shape index (κ1) is 34.0. The molecule has 0 saturated heterocycles. The van der Waals surface area contributed by atoms with Crippen molar-refractivity contribution in [3.05, 3.63) is 82.2 Å². The van der Waals surface area contributed by atoms with Crippen LogP contribution in [0.5, 0.6) is 11.5 Å². The molecule has 0 saturated carbocycles. The maximum atomic E-state index is 12.5. The van der Waals surface area contributed by atoms with E-state index in [-0.39, 0.29) is 78.8 Å². The molecule has 4 amide bonds. The van der Waals surface area contributed by atoms with Gasteiger partial charge in [0.2, 0.25) is 0 Å². The van der Waals surface area contributed by atoms with Gasteiger partial charge in [-0.25, -0.2) is 4.98 Å². The van der Waals surface area contributed by atoms with E-state index in [1.54, 1.807) is 24.3 Å². The number of aromatic nitrogens is 1. The van der Waals surface area contributed by atoms with Crippen LogP contribution in [-0.4, -0.2) is 78.0 Å². The molecule has 3 aromatic rings. The zero-order valence-electron chi connectivity index (χ0n) is 25.0. The standard InChI is InChI=1S/C30H32N8O8S/c39-25-17-45-23-7-2-8-24(27(23)37-30(47)35-19-9-11-20(12-10-19)38(43)44)46-18-26(40)32-14-4-16-34-29(42)22-6-1-5-21(36-22)28(41)33-15-3-13-31-25/h1-2,5-12H,3-4,13-18H2,(H,31,39)(H,32,40)(H,33,41)(H,34,42)(H2,35,37,47). The second-order valence-electron chi connectivity index (χ2n) is 9.92. The van der Waals surface area contributed by atoms with Gasteiger partial charge in [-0.1, -0.05) is 12.1 Å². The summed E-state index contributed by atoms with van der Waals surface area (Å²) in [6, 6.07) is 14.9. The van der Waals surface area contributed by atoms with Gasteiger partial charge in [-0.05, 0) is 61.5 Å². The summed E-state index contributed by atoms with van der Waals surface area (Å²) in [6.45, 7) is 0.238. The zero-order valence-corrected chi connectivity index (χ0v) is 25.8. The van der Waals surface area contributed by atoms with Crippen molar-refractivity contribution in [2.45, 2.75) is 12.8 Å². The highest BCUT2D eigenvalue weighted by atomic mass is 32.1. The molecule has 1 aromatic heterocycles. The summed E-state index contributed by atoms with van der Waals surface area (Å²) in [7, 11) is 0. The number of amides is 4. The number of non-ortho nitro benzene ring substituents is 1. The Labute approximate surface area is 274 Å². The summed E-state index contributed by atoms with van der Waals surface area (Å²) in [5.41, 5.74) is 0.757. The number of rotatable bonds is 3. The van der Waals surface area contributed by atoms with Crippen molar-refractivity contribution >= 4 is 58.0 Å². The van der Waals surface area contributed by atoms with Gasteiger partial charge in [0.25, 0.3) is 29.3 Å². The van der Waals surface area contributed by atoms with Gasteiger partial charge < -0.3 is 41.4 Å². The second kappa shape index (κ2) is 17.0. The van der Waals surface area contributed by atoms with E-state index in [1.807, 2.05) is 0 Å². The molecule has 0 unspecified atom stereocenters. The summed E-state index contributed by atoms with van der Waals surface area (Å²) >= 11 is 5.43. The average Bonchev–Trinajstić information content (AvgIpc) is 3.06. The van der Waals surface area contributed by atoms with Crippen LogP contribution >= 0.6 is 12.2 Å². The van der Waals surface area contributed by atoms with Crippen molar-refractivity contribution in [3.8, 4) is 11.5 Å². The highest BCUT2D eigenvalue weighted by molar-refractivity contribution is 7.80. The van der Waals surface area contributed by atoms with E-state index < -0.39 is 28.6 Å². The van der Waals surface area contributed by atoms with Gasteiger partial charge in [0.1, 0.15) is 28.6 Å². The lowest BCUT2D eigenvalue weighted by Gasteiger charge is -2.18. The first-order valence-electron chi connectivity index (χ1n) is 14.5. The highest BCUT2D eigenvalue weighted by Crippen LogP contribution is 2.35. The van der Waals surface area contributed by atoms with Gasteiger partial charge in [0.15, 0.2) is 18.3 Å². The summed E-state index contributed by atoms with van der Waals surface area (Å²) in [5, 5.41) is 27.7. The zero-order chi connectivity index (χ0) is 33.6. The highest BCUT2D eigenvalue weighted by Gasteiger charge is 2.17. The van der Waals surface area contributed by atoms with Gasteiger partial charge in [0.05, 0.1) is 4.92 Å². The van der Waals surface area contributed by atoms with Crippen LogP contribution in [0.2, 0.25) is 0 Å². The van der Waals surface area contributed by atoms with Crippen LogP contribution in [0.1, 0.15) is 33.8 Å². The molecule has 4 bridgehead atoms. The SMILES string of the molecule is O=C1COc2cccc(c2NC(=S)Nc2ccc([N+](=O)[O-])cc2)OCC(=O)NCCCNC(=O)c2cccc(n2)C(=O)NCCCN1. The minimum atomic E-state index is -0.519. The predicted octanol–water partition coefficient (Wildman–Crippen LogP) is 1.74. The number of nitro groups is 1. The fourth-order valence-corrected chi connectivity index (χ4v) is 4.33. The number of benzene rings is 2. The minimum absolute atomic E-state index is 0.0749. The molecule has 17 heteroatoms. The third-order valence-electron chi connectivity index (χ3n) is 6.42. The molecular formula is C30H32N8O8S. The molecule has 47 heavy (non-hydrogen) atoms. The van der Waals surface area contributed by atoms with E-state index in [0.717, 1.165) is 0 Å². The van der Waals surface area contributed by atoms with Gasteiger partial charge in [-0.2, -0.15) is 0 Å². The first-order chi connectivity index (χ1) is 22.7. The number of ether oxygens (including phenoxy) is 2. The van der Waals surface area contributed by atoms with E-state index in [4.69, 9.17) is 21.7 Å². The predicted molar refractivity (Wildman–Crippen MR) is 175 cm³/mol. The third kappa shape index (κ3) is 10.6. The van der Waals surface area contributed by atoms with Crippen molar-refractivity contribution in [2.75, 3.05) is 50.0 Å². The summed E-state index contributed by atoms with van der Waals surface area (Å²) in [4.78, 5) is 64.7. The summed E-state index contributed by atoms with van der Waals surface area (Å²) < 4.78 is 11.5. The van der Waals surface area contributed by atoms with E-state index in [0.29, 0.717) is 18.5 Å². The normalized spacial score (nSPS) is 15.1. The molecule has 0 radical (unpaired) electrons. The molecule has 0 spiro atoms. The van der Waals surface area contributed by atoms with Crippen molar-refractivity contribution in [3.63, 3.8) is 0 Å². The average molecular weight is 665 g/mol. The van der Waals surface area contributed by atoms with Gasteiger partial charge in [-0.3, -0.25) is 29.3 Å². The monoisotopic (exact) mass is 664 g/mol. The van der Waals surface area contributed by atoms with Crippen LogP contribution < -0.4 is 41.4 Å². The number of carbonyl (C=O) groups is 4. The number of hydrogen-bond donors (Lipinski definition) is 6. The lowest BCUT2D eigenvalue weighted by atomic mass is 10.2. The molecule has 6 N–H and O–H groups in total. The molecule has 246 valence electrons. The lowest BCUT2D eigenvalue weighted by Crippen LogP contribution is -2.34. The quantitative estimate of drug-likeness (QED) is 0.134. The van der Waals surface area contributed by atoms with Crippen LogP contribution in [0, 0.1) is 10.1 Å². The van der Waals surface area contributed by atoms with Crippen LogP contribution in [0.3, 0.4) is 0 Å². The minimum Gasteiger partial charge on any atom is -0.481 e. The van der Waals surface area contributed by atoms with Crippen molar-refractivity contribution in [1.29, 1.82) is 0 Å². The van der Waals surface area contributed by atoms with Crippen LogP contribution in [-0.2, 0) is 9.59 Å². The van der Waals surface area contributed by atoms with Gasteiger partial charge in [0, 0.05) is 44.0 Å². The van der Waals surface area contributed by atoms with E-state index >= 15 is 0 Å². The van der Waals surface area contributed by atoms with E-state index in [2.05, 4.69) is 36.9 Å². The Morgan fingerprint density at radius 3 is 1.72 bits per heavy atom. The molecule has 0 aliphatic carbocycles. The number of nitrogens with one attached hydrogen (secondary N) is 6. The summed E-state index contributed by atoms with van der Waals surface area (Å²) in [6.07, 6.45) is 0.830.